The maximum absolute atomic E-state index is 11.9. The first kappa shape index (κ1) is 13.1. The van der Waals surface area contributed by atoms with E-state index in [4.69, 9.17) is 5.73 Å². The molecule has 0 radical (unpaired) electrons. The van der Waals surface area contributed by atoms with E-state index in [2.05, 4.69) is 23.1 Å². The topological polar surface area (TPSA) is 70.1 Å². The average molecular weight is 269 g/mol. The quantitative estimate of drug-likeness (QED) is 0.907. The van der Waals surface area contributed by atoms with Gasteiger partial charge in [-0.2, -0.15) is 5.26 Å². The monoisotopic (exact) mass is 269 g/mol. The Morgan fingerprint density at radius 2 is 2.20 bits per heavy atom. The van der Waals surface area contributed by atoms with Gasteiger partial charge in [-0.15, -0.1) is 0 Å². The van der Waals surface area contributed by atoms with E-state index in [1.54, 1.807) is 0 Å². The van der Waals surface area contributed by atoms with Crippen LogP contribution in [0.2, 0.25) is 0 Å². The SMILES string of the molecule is N#C[C@@H]1C[C@@H]2N(Cc3ccccc3)CCC[C@]12C(N)=O. The Hall–Kier alpha value is -1.86. The standard InChI is InChI=1S/C16H19N3O/c17-10-13-9-14-16(13,15(18)20)7-4-8-19(14)11-12-5-2-1-3-6-12/h1-3,5-6,13-14H,4,7-9,11H2,(H2,18,20)/t13-,14-,16-/m0/s1. The molecule has 1 amide bonds. The Bertz CT molecular complexity index is 551. The summed E-state index contributed by atoms with van der Waals surface area (Å²) in [6, 6.07) is 12.7. The van der Waals surface area contributed by atoms with E-state index in [9.17, 15) is 10.1 Å². The summed E-state index contributed by atoms with van der Waals surface area (Å²) in [7, 11) is 0. The highest BCUT2D eigenvalue weighted by Gasteiger charge is 2.62. The van der Waals surface area contributed by atoms with Gasteiger partial charge in [0.2, 0.25) is 5.91 Å². The zero-order valence-corrected chi connectivity index (χ0v) is 11.5. The fraction of sp³-hybridized carbons (Fsp3) is 0.500. The van der Waals surface area contributed by atoms with E-state index < -0.39 is 5.41 Å². The number of piperidine rings is 1. The van der Waals surface area contributed by atoms with Gasteiger partial charge in [-0.25, -0.2) is 0 Å². The molecule has 3 atom stereocenters. The number of benzene rings is 1. The number of rotatable bonds is 3. The van der Waals surface area contributed by atoms with Crippen molar-refractivity contribution in [1.29, 1.82) is 5.26 Å². The lowest BCUT2D eigenvalue weighted by Crippen LogP contribution is -2.68. The van der Waals surface area contributed by atoms with Crippen LogP contribution in [0.1, 0.15) is 24.8 Å². The lowest BCUT2D eigenvalue weighted by molar-refractivity contribution is -0.156. The van der Waals surface area contributed by atoms with Crippen molar-refractivity contribution < 1.29 is 4.79 Å². The minimum absolute atomic E-state index is 0.138. The first-order valence-electron chi connectivity index (χ1n) is 7.16. The summed E-state index contributed by atoms with van der Waals surface area (Å²) in [5.41, 5.74) is 6.28. The Morgan fingerprint density at radius 1 is 1.45 bits per heavy atom. The van der Waals surface area contributed by atoms with Crippen molar-refractivity contribution in [3.8, 4) is 6.07 Å². The summed E-state index contributed by atoms with van der Waals surface area (Å²) in [6.45, 7) is 1.81. The average Bonchev–Trinajstić information content (AvgIpc) is 2.42. The summed E-state index contributed by atoms with van der Waals surface area (Å²) < 4.78 is 0. The van der Waals surface area contributed by atoms with Crippen molar-refractivity contribution in [3.05, 3.63) is 35.9 Å². The van der Waals surface area contributed by atoms with Crippen molar-refractivity contribution in [2.75, 3.05) is 6.54 Å². The molecule has 1 saturated heterocycles. The summed E-state index contributed by atoms with van der Waals surface area (Å²) in [5.74, 6) is -0.498. The number of hydrogen-bond donors (Lipinski definition) is 1. The van der Waals surface area contributed by atoms with E-state index in [0.29, 0.717) is 0 Å². The molecule has 104 valence electrons. The molecule has 1 aliphatic heterocycles. The smallest absolute Gasteiger partial charge is 0.226 e. The Morgan fingerprint density at radius 3 is 2.85 bits per heavy atom. The van der Waals surface area contributed by atoms with Gasteiger partial charge >= 0.3 is 0 Å². The van der Waals surface area contributed by atoms with Crippen LogP contribution >= 0.6 is 0 Å². The van der Waals surface area contributed by atoms with Gasteiger partial charge in [0.15, 0.2) is 0 Å². The predicted octanol–water partition coefficient (Wildman–Crippen LogP) is 1.67. The zero-order valence-electron chi connectivity index (χ0n) is 11.5. The molecule has 4 nitrogen and oxygen atoms in total. The lowest BCUT2D eigenvalue weighted by atomic mass is 9.52. The van der Waals surface area contributed by atoms with Crippen molar-refractivity contribution in [1.82, 2.24) is 4.90 Å². The molecule has 0 aromatic heterocycles. The van der Waals surface area contributed by atoms with Crippen molar-refractivity contribution in [2.45, 2.75) is 31.8 Å². The maximum Gasteiger partial charge on any atom is 0.226 e. The number of amides is 1. The van der Waals surface area contributed by atoms with E-state index >= 15 is 0 Å². The fourth-order valence-electron chi connectivity index (χ4n) is 3.90. The third kappa shape index (κ3) is 1.82. The van der Waals surface area contributed by atoms with Gasteiger partial charge in [0, 0.05) is 12.6 Å². The number of carbonyl (C=O) groups is 1. The molecule has 20 heavy (non-hydrogen) atoms. The lowest BCUT2D eigenvalue weighted by Gasteiger charge is -2.58. The van der Waals surface area contributed by atoms with Crippen LogP contribution in [0.25, 0.3) is 0 Å². The van der Waals surface area contributed by atoms with Crippen LogP contribution in [0.3, 0.4) is 0 Å². The summed E-state index contributed by atoms with van der Waals surface area (Å²) in [5, 5.41) is 9.24. The second-order valence-electron chi connectivity index (χ2n) is 5.90. The van der Waals surface area contributed by atoms with Crippen molar-refractivity contribution in [3.63, 3.8) is 0 Å². The van der Waals surface area contributed by atoms with E-state index in [1.807, 2.05) is 18.2 Å². The van der Waals surface area contributed by atoms with Gasteiger partial charge in [0.1, 0.15) is 0 Å². The molecular weight excluding hydrogens is 250 g/mol. The Labute approximate surface area is 119 Å². The van der Waals surface area contributed by atoms with Gasteiger partial charge in [-0.3, -0.25) is 9.69 Å². The molecule has 3 rings (SSSR count). The zero-order chi connectivity index (χ0) is 14.2. The van der Waals surface area contributed by atoms with Crippen molar-refractivity contribution in [2.24, 2.45) is 17.1 Å². The Balaban J connectivity index is 1.82. The molecule has 1 aliphatic carbocycles. The highest BCUT2D eigenvalue weighted by Crippen LogP contribution is 2.54. The molecule has 1 heterocycles. The molecule has 0 unspecified atom stereocenters. The number of carbonyl (C=O) groups excluding carboxylic acids is 1. The van der Waals surface area contributed by atoms with Crippen LogP contribution in [0, 0.1) is 22.7 Å². The van der Waals surface area contributed by atoms with Crippen LogP contribution in [0.15, 0.2) is 30.3 Å². The summed E-state index contributed by atoms with van der Waals surface area (Å²) >= 11 is 0. The number of fused-ring (bicyclic) bond motifs is 1. The fourth-order valence-corrected chi connectivity index (χ4v) is 3.90. The van der Waals surface area contributed by atoms with E-state index in [1.165, 1.54) is 5.56 Å². The molecule has 2 N–H and O–H groups in total. The second-order valence-corrected chi connectivity index (χ2v) is 5.90. The van der Waals surface area contributed by atoms with Gasteiger partial charge in [0.25, 0.3) is 0 Å². The van der Waals surface area contributed by atoms with Crippen molar-refractivity contribution >= 4 is 5.91 Å². The predicted molar refractivity (Wildman–Crippen MR) is 75.2 cm³/mol. The molecule has 1 saturated carbocycles. The highest BCUT2D eigenvalue weighted by atomic mass is 16.1. The first-order chi connectivity index (χ1) is 9.68. The third-order valence-electron chi connectivity index (χ3n) is 5.00. The third-order valence-corrected chi connectivity index (χ3v) is 5.00. The molecule has 2 fully saturated rings. The van der Waals surface area contributed by atoms with Gasteiger partial charge in [0.05, 0.1) is 17.4 Å². The maximum atomic E-state index is 11.9. The normalized spacial score (nSPS) is 32.8. The minimum atomic E-state index is -0.609. The van der Waals surface area contributed by atoms with Gasteiger partial charge < -0.3 is 5.73 Å². The largest absolute Gasteiger partial charge is 0.369 e. The van der Waals surface area contributed by atoms with Gasteiger partial charge in [-0.05, 0) is 31.4 Å². The van der Waals surface area contributed by atoms with Crippen LogP contribution in [0.5, 0.6) is 0 Å². The van der Waals surface area contributed by atoms with E-state index in [-0.39, 0.29) is 17.9 Å². The number of nitrogens with two attached hydrogens (primary N) is 1. The minimum Gasteiger partial charge on any atom is -0.369 e. The summed E-state index contributed by atoms with van der Waals surface area (Å²) in [6.07, 6.45) is 2.47. The molecular formula is C16H19N3O. The molecule has 0 bridgehead atoms. The molecule has 0 spiro atoms. The number of hydrogen-bond acceptors (Lipinski definition) is 3. The van der Waals surface area contributed by atoms with E-state index in [0.717, 1.165) is 32.4 Å². The molecule has 1 aromatic rings. The second kappa shape index (κ2) is 4.92. The molecule has 2 aliphatic rings. The van der Waals surface area contributed by atoms with Crippen LogP contribution in [-0.4, -0.2) is 23.4 Å². The van der Waals surface area contributed by atoms with Crippen LogP contribution in [-0.2, 0) is 11.3 Å². The first-order valence-corrected chi connectivity index (χ1v) is 7.16. The molecule has 4 heteroatoms. The number of primary amides is 1. The van der Waals surface area contributed by atoms with Crippen LogP contribution in [0.4, 0.5) is 0 Å². The summed E-state index contributed by atoms with van der Waals surface area (Å²) in [4.78, 5) is 14.3. The van der Waals surface area contributed by atoms with Crippen LogP contribution < -0.4 is 5.73 Å². The number of nitriles is 1. The highest BCUT2D eigenvalue weighted by molar-refractivity contribution is 5.84. The molecule has 1 aromatic carbocycles. The van der Waals surface area contributed by atoms with Gasteiger partial charge in [-0.1, -0.05) is 30.3 Å². The Kier molecular flexibility index (Phi) is 3.23. The number of likely N-dealkylation sites (tertiary alicyclic amines) is 1. The number of nitrogens with zero attached hydrogens (tertiary/aromatic N) is 2.